The van der Waals surface area contributed by atoms with Crippen LogP contribution in [0.2, 0.25) is 0 Å². The zero-order valence-electron chi connectivity index (χ0n) is 5.08. The fourth-order valence-electron chi connectivity index (χ4n) is 0.891. The highest BCUT2D eigenvalue weighted by Crippen LogP contribution is 2.31. The second-order valence-electron chi connectivity index (χ2n) is 2.54. The van der Waals surface area contributed by atoms with Crippen molar-refractivity contribution in [3.8, 4) is 0 Å². The summed E-state index contributed by atoms with van der Waals surface area (Å²) in [6.45, 7) is 0. The highest BCUT2D eigenvalue weighted by atomic mass is 16.5. The van der Waals surface area contributed by atoms with E-state index in [1.54, 1.807) is 6.26 Å². The van der Waals surface area contributed by atoms with E-state index < -0.39 is 0 Å². The Morgan fingerprint density at radius 2 is 2.56 bits per heavy atom. The largest absolute Gasteiger partial charge is 0.345 e. The van der Waals surface area contributed by atoms with Crippen molar-refractivity contribution in [3.05, 3.63) is 12.0 Å². The van der Waals surface area contributed by atoms with Gasteiger partial charge in [0.15, 0.2) is 0 Å². The van der Waals surface area contributed by atoms with Crippen molar-refractivity contribution in [2.75, 3.05) is 0 Å². The van der Waals surface area contributed by atoms with Gasteiger partial charge in [-0.15, -0.1) is 5.10 Å². The van der Waals surface area contributed by atoms with Gasteiger partial charge in [0.05, 0.1) is 0 Å². The number of hydrogen-bond acceptors (Lipinski definition) is 3. The summed E-state index contributed by atoms with van der Waals surface area (Å²) in [5.74, 6) is 0.872. The van der Waals surface area contributed by atoms with Crippen LogP contribution in [-0.4, -0.2) is 10.4 Å². The molecule has 0 amide bonds. The summed E-state index contributed by atoms with van der Waals surface area (Å²) in [6.07, 6.45) is 5.39. The first-order valence-electron chi connectivity index (χ1n) is 3.21. The van der Waals surface area contributed by atoms with Crippen molar-refractivity contribution >= 4 is 0 Å². The molecular weight excluding hydrogens is 116 g/mol. The topological polar surface area (TPSA) is 38.9 Å². The molecule has 1 aromatic rings. The SMILES string of the molecule is c1onnc1CC1CC1. The minimum Gasteiger partial charge on any atom is -0.345 e. The molecule has 1 heterocycles. The number of hydrogen-bond donors (Lipinski definition) is 0. The van der Waals surface area contributed by atoms with Crippen molar-refractivity contribution in [1.29, 1.82) is 0 Å². The highest BCUT2D eigenvalue weighted by Gasteiger charge is 2.22. The standard InChI is InChI=1S/C6H8N2O/c1-2-5(1)3-6-4-9-8-7-6/h4-5H,1-3H2. The third-order valence-electron chi connectivity index (χ3n) is 1.60. The molecule has 1 aliphatic rings. The normalized spacial score (nSPS) is 18.2. The second kappa shape index (κ2) is 1.83. The van der Waals surface area contributed by atoms with E-state index >= 15 is 0 Å². The van der Waals surface area contributed by atoms with E-state index in [4.69, 9.17) is 0 Å². The zero-order chi connectivity index (χ0) is 6.10. The first-order chi connectivity index (χ1) is 4.45. The van der Waals surface area contributed by atoms with E-state index in [-0.39, 0.29) is 0 Å². The van der Waals surface area contributed by atoms with Crippen LogP contribution >= 0.6 is 0 Å². The van der Waals surface area contributed by atoms with E-state index in [1.165, 1.54) is 12.8 Å². The van der Waals surface area contributed by atoms with Gasteiger partial charge < -0.3 is 4.52 Å². The molecule has 48 valence electrons. The Hall–Kier alpha value is -0.860. The van der Waals surface area contributed by atoms with Crippen LogP contribution in [0.1, 0.15) is 18.5 Å². The van der Waals surface area contributed by atoms with E-state index in [9.17, 15) is 0 Å². The second-order valence-corrected chi connectivity index (χ2v) is 2.54. The lowest BCUT2D eigenvalue weighted by Crippen LogP contribution is -1.85. The summed E-state index contributed by atoms with van der Waals surface area (Å²) in [4.78, 5) is 0. The zero-order valence-corrected chi connectivity index (χ0v) is 5.08. The molecule has 0 radical (unpaired) electrons. The summed E-state index contributed by atoms with van der Waals surface area (Å²) < 4.78 is 4.58. The summed E-state index contributed by atoms with van der Waals surface area (Å²) in [6, 6.07) is 0. The smallest absolute Gasteiger partial charge is 0.147 e. The lowest BCUT2D eigenvalue weighted by atomic mass is 10.2. The number of rotatable bonds is 2. The molecule has 0 unspecified atom stereocenters. The van der Waals surface area contributed by atoms with Gasteiger partial charge in [-0.2, -0.15) is 0 Å². The first kappa shape index (κ1) is 4.97. The molecule has 3 heteroatoms. The van der Waals surface area contributed by atoms with Crippen LogP contribution < -0.4 is 0 Å². The molecule has 2 rings (SSSR count). The van der Waals surface area contributed by atoms with Crippen LogP contribution in [0.5, 0.6) is 0 Å². The Labute approximate surface area is 53.0 Å². The lowest BCUT2D eigenvalue weighted by molar-refractivity contribution is 0.392. The van der Waals surface area contributed by atoms with Crippen molar-refractivity contribution in [2.45, 2.75) is 19.3 Å². The maximum atomic E-state index is 4.58. The van der Waals surface area contributed by atoms with Gasteiger partial charge in [0.2, 0.25) is 0 Å². The molecule has 0 aliphatic heterocycles. The molecule has 9 heavy (non-hydrogen) atoms. The Morgan fingerprint density at radius 3 is 3.11 bits per heavy atom. The van der Waals surface area contributed by atoms with E-state index in [2.05, 4.69) is 14.9 Å². The number of nitrogens with zero attached hydrogens (tertiary/aromatic N) is 2. The van der Waals surface area contributed by atoms with Crippen LogP contribution in [0, 0.1) is 5.92 Å². The molecule has 1 saturated carbocycles. The van der Waals surface area contributed by atoms with E-state index in [1.807, 2.05) is 0 Å². The quantitative estimate of drug-likeness (QED) is 0.590. The molecule has 0 bridgehead atoms. The van der Waals surface area contributed by atoms with Gasteiger partial charge in [0.25, 0.3) is 0 Å². The molecule has 1 fully saturated rings. The van der Waals surface area contributed by atoms with Crippen molar-refractivity contribution in [2.24, 2.45) is 5.92 Å². The van der Waals surface area contributed by atoms with Crippen molar-refractivity contribution < 1.29 is 4.52 Å². The van der Waals surface area contributed by atoms with Crippen LogP contribution in [0.25, 0.3) is 0 Å². The molecule has 0 atom stereocenters. The van der Waals surface area contributed by atoms with Gasteiger partial charge in [0.1, 0.15) is 12.0 Å². The maximum absolute atomic E-state index is 4.58. The fourth-order valence-corrected chi connectivity index (χ4v) is 0.891. The van der Waals surface area contributed by atoms with E-state index in [0.717, 1.165) is 18.0 Å². The molecule has 0 saturated heterocycles. The predicted octanol–water partition coefficient (Wildman–Crippen LogP) is 1.02. The highest BCUT2D eigenvalue weighted by molar-refractivity contribution is 4.94. The molecule has 1 aromatic heterocycles. The van der Waals surface area contributed by atoms with Gasteiger partial charge in [-0.3, -0.25) is 0 Å². The molecule has 0 N–H and O–H groups in total. The van der Waals surface area contributed by atoms with E-state index in [0.29, 0.717) is 0 Å². The summed E-state index contributed by atoms with van der Waals surface area (Å²) in [5.41, 5.74) is 0.998. The Balaban J connectivity index is 1.99. The Kier molecular flexibility index (Phi) is 1.01. The molecule has 0 spiro atoms. The fraction of sp³-hybridized carbons (Fsp3) is 0.667. The third kappa shape index (κ3) is 1.09. The third-order valence-corrected chi connectivity index (χ3v) is 1.60. The van der Waals surface area contributed by atoms with Crippen LogP contribution in [-0.2, 0) is 6.42 Å². The van der Waals surface area contributed by atoms with Crippen LogP contribution in [0.4, 0.5) is 0 Å². The molecular formula is C6H8N2O. The average molecular weight is 124 g/mol. The molecule has 3 nitrogen and oxygen atoms in total. The minimum absolute atomic E-state index is 0.872. The van der Waals surface area contributed by atoms with Gasteiger partial charge in [-0.1, -0.05) is 0 Å². The summed E-state index contributed by atoms with van der Waals surface area (Å²) >= 11 is 0. The van der Waals surface area contributed by atoms with Gasteiger partial charge in [-0.05, 0) is 25.2 Å². The van der Waals surface area contributed by atoms with Gasteiger partial charge in [0, 0.05) is 5.27 Å². The minimum atomic E-state index is 0.872. The monoisotopic (exact) mass is 124 g/mol. The summed E-state index contributed by atoms with van der Waals surface area (Å²) in [5, 5.41) is 7.16. The van der Waals surface area contributed by atoms with Crippen molar-refractivity contribution in [1.82, 2.24) is 10.4 Å². The van der Waals surface area contributed by atoms with Crippen LogP contribution in [0.15, 0.2) is 10.8 Å². The molecule has 0 aromatic carbocycles. The number of aromatic nitrogens is 2. The Morgan fingerprint density at radius 1 is 1.67 bits per heavy atom. The molecule has 1 aliphatic carbocycles. The van der Waals surface area contributed by atoms with Crippen molar-refractivity contribution in [3.63, 3.8) is 0 Å². The van der Waals surface area contributed by atoms with Gasteiger partial charge in [-0.25, -0.2) is 0 Å². The first-order valence-corrected chi connectivity index (χ1v) is 3.21. The Bertz CT molecular complexity index is 179. The maximum Gasteiger partial charge on any atom is 0.147 e. The summed E-state index contributed by atoms with van der Waals surface area (Å²) in [7, 11) is 0. The lowest BCUT2D eigenvalue weighted by Gasteiger charge is -1.84. The average Bonchev–Trinajstić information content (AvgIpc) is 2.46. The van der Waals surface area contributed by atoms with Gasteiger partial charge >= 0.3 is 0 Å². The predicted molar refractivity (Wildman–Crippen MR) is 30.7 cm³/mol. The van der Waals surface area contributed by atoms with Crippen LogP contribution in [0.3, 0.4) is 0 Å².